The van der Waals surface area contributed by atoms with Crippen LogP contribution in [-0.4, -0.2) is 16.8 Å². The number of ketones is 1. The van der Waals surface area contributed by atoms with Crippen LogP contribution in [0.2, 0.25) is 0 Å². The minimum Gasteiger partial charge on any atom is -0.457 e. The molecule has 13 heavy (non-hydrogen) atoms. The lowest BCUT2D eigenvalue weighted by atomic mass is 10.1. The van der Waals surface area contributed by atoms with Gasteiger partial charge in [-0.2, -0.15) is 11.8 Å². The van der Waals surface area contributed by atoms with E-state index < -0.39 is 0 Å². The molecule has 1 atom stereocenters. The van der Waals surface area contributed by atoms with Gasteiger partial charge in [0.1, 0.15) is 6.26 Å². The van der Waals surface area contributed by atoms with E-state index in [1.54, 1.807) is 17.8 Å². The van der Waals surface area contributed by atoms with Crippen molar-refractivity contribution >= 4 is 33.5 Å². The highest BCUT2D eigenvalue weighted by molar-refractivity contribution is 9.10. The largest absolute Gasteiger partial charge is 0.457 e. The van der Waals surface area contributed by atoms with E-state index in [4.69, 9.17) is 4.42 Å². The molecule has 0 N–H and O–H groups in total. The zero-order chi connectivity index (χ0) is 9.26. The van der Waals surface area contributed by atoms with E-state index in [2.05, 4.69) is 15.9 Å². The first-order valence-electron chi connectivity index (χ1n) is 4.17. The van der Waals surface area contributed by atoms with Crippen LogP contribution in [0.1, 0.15) is 23.2 Å². The van der Waals surface area contributed by atoms with Crippen LogP contribution in [-0.2, 0) is 0 Å². The van der Waals surface area contributed by atoms with Crippen LogP contribution in [0, 0.1) is 0 Å². The molecule has 1 unspecified atom stereocenters. The number of Topliss-reactive ketones (excluding diaryl/α,β-unsaturated/α-hetero) is 1. The molecule has 0 saturated carbocycles. The van der Waals surface area contributed by atoms with E-state index in [0.29, 0.717) is 10.2 Å². The Labute approximate surface area is 89.2 Å². The highest BCUT2D eigenvalue weighted by Gasteiger charge is 2.25. The van der Waals surface area contributed by atoms with E-state index in [-0.39, 0.29) is 11.0 Å². The van der Waals surface area contributed by atoms with Gasteiger partial charge in [0.25, 0.3) is 0 Å². The number of hydrogen-bond acceptors (Lipinski definition) is 3. The Morgan fingerprint density at radius 1 is 1.69 bits per heavy atom. The summed E-state index contributed by atoms with van der Waals surface area (Å²) in [6.45, 7) is 0. The fourth-order valence-electron chi connectivity index (χ4n) is 1.41. The molecule has 2 heterocycles. The normalized spacial score (nSPS) is 22.1. The molecule has 0 spiro atoms. The molecule has 1 fully saturated rings. The van der Waals surface area contributed by atoms with Crippen LogP contribution in [0.5, 0.6) is 0 Å². The second-order valence-corrected chi connectivity index (χ2v) is 5.10. The van der Waals surface area contributed by atoms with Gasteiger partial charge in [0.15, 0.2) is 10.5 Å². The number of thioether (sulfide) groups is 1. The van der Waals surface area contributed by atoms with Crippen LogP contribution in [0.4, 0.5) is 0 Å². The molecule has 1 saturated heterocycles. The number of hydrogen-bond donors (Lipinski definition) is 0. The summed E-state index contributed by atoms with van der Waals surface area (Å²) in [5.74, 6) is 1.31. The standard InChI is InChI=1S/C9H9BrO2S/c10-8-4-6(5-12-8)9(11)7-2-1-3-13-7/h4-5,7H,1-3H2. The zero-order valence-electron chi connectivity index (χ0n) is 6.96. The van der Waals surface area contributed by atoms with Crippen molar-refractivity contribution in [2.45, 2.75) is 18.1 Å². The molecule has 1 aliphatic heterocycles. The van der Waals surface area contributed by atoms with E-state index in [0.717, 1.165) is 18.6 Å². The van der Waals surface area contributed by atoms with Crippen LogP contribution in [0.3, 0.4) is 0 Å². The van der Waals surface area contributed by atoms with Gasteiger partial charge in [0, 0.05) is 6.07 Å². The van der Waals surface area contributed by atoms with Gasteiger partial charge >= 0.3 is 0 Å². The Bertz CT molecular complexity index is 315. The Balaban J connectivity index is 2.12. The number of carbonyl (C=O) groups excluding carboxylic acids is 1. The predicted molar refractivity (Wildman–Crippen MR) is 56.2 cm³/mol. The topological polar surface area (TPSA) is 30.2 Å². The number of furan rings is 1. The van der Waals surface area contributed by atoms with Gasteiger partial charge < -0.3 is 4.42 Å². The Kier molecular flexibility index (Phi) is 2.79. The molecule has 2 rings (SSSR count). The van der Waals surface area contributed by atoms with Gasteiger partial charge in [-0.15, -0.1) is 0 Å². The quantitative estimate of drug-likeness (QED) is 0.766. The zero-order valence-corrected chi connectivity index (χ0v) is 9.36. The molecular weight excluding hydrogens is 252 g/mol. The Morgan fingerprint density at radius 3 is 3.08 bits per heavy atom. The van der Waals surface area contributed by atoms with Crippen molar-refractivity contribution in [2.75, 3.05) is 5.75 Å². The van der Waals surface area contributed by atoms with E-state index in [9.17, 15) is 4.79 Å². The fourth-order valence-corrected chi connectivity index (χ4v) is 2.99. The average Bonchev–Trinajstić information content (AvgIpc) is 2.72. The van der Waals surface area contributed by atoms with Crippen molar-refractivity contribution in [3.63, 3.8) is 0 Å². The maximum atomic E-state index is 11.8. The second-order valence-electron chi connectivity index (χ2n) is 3.01. The van der Waals surface area contributed by atoms with Gasteiger partial charge in [0.05, 0.1) is 10.8 Å². The second kappa shape index (κ2) is 3.88. The smallest absolute Gasteiger partial charge is 0.179 e. The summed E-state index contributed by atoms with van der Waals surface area (Å²) in [5, 5.41) is 0.157. The minimum atomic E-state index is 0.157. The van der Waals surface area contributed by atoms with E-state index >= 15 is 0 Å². The molecule has 0 bridgehead atoms. The molecule has 1 aliphatic rings. The van der Waals surface area contributed by atoms with Gasteiger partial charge in [-0.25, -0.2) is 0 Å². The lowest BCUT2D eigenvalue weighted by Crippen LogP contribution is -2.12. The first-order chi connectivity index (χ1) is 6.27. The van der Waals surface area contributed by atoms with Gasteiger partial charge in [-0.3, -0.25) is 4.79 Å². The molecule has 0 aromatic carbocycles. The summed E-state index contributed by atoms with van der Waals surface area (Å²) in [6.07, 6.45) is 3.68. The van der Waals surface area contributed by atoms with Crippen LogP contribution in [0.15, 0.2) is 21.4 Å². The highest BCUT2D eigenvalue weighted by Crippen LogP contribution is 2.29. The lowest BCUT2D eigenvalue weighted by Gasteiger charge is -2.03. The maximum Gasteiger partial charge on any atom is 0.179 e. The number of carbonyl (C=O) groups is 1. The number of rotatable bonds is 2. The van der Waals surface area contributed by atoms with Crippen molar-refractivity contribution in [3.05, 3.63) is 22.6 Å². The molecule has 2 nitrogen and oxygen atoms in total. The van der Waals surface area contributed by atoms with E-state index in [1.807, 2.05) is 0 Å². The summed E-state index contributed by atoms with van der Waals surface area (Å²) in [4.78, 5) is 11.8. The SMILES string of the molecule is O=C(c1coc(Br)c1)C1CCCS1. The molecule has 0 radical (unpaired) electrons. The molecule has 1 aromatic heterocycles. The van der Waals surface area contributed by atoms with Crippen molar-refractivity contribution in [2.24, 2.45) is 0 Å². The minimum absolute atomic E-state index is 0.157. The third kappa shape index (κ3) is 1.99. The molecule has 0 amide bonds. The third-order valence-electron chi connectivity index (χ3n) is 2.07. The molecular formula is C9H9BrO2S. The lowest BCUT2D eigenvalue weighted by molar-refractivity contribution is 0.0988. The monoisotopic (exact) mass is 260 g/mol. The fraction of sp³-hybridized carbons (Fsp3) is 0.444. The van der Waals surface area contributed by atoms with Gasteiger partial charge in [-0.1, -0.05) is 0 Å². The third-order valence-corrected chi connectivity index (χ3v) is 3.87. The average molecular weight is 261 g/mol. The van der Waals surface area contributed by atoms with E-state index in [1.165, 1.54) is 6.26 Å². The van der Waals surface area contributed by atoms with Crippen LogP contribution >= 0.6 is 27.7 Å². The van der Waals surface area contributed by atoms with Crippen molar-refractivity contribution in [1.29, 1.82) is 0 Å². The van der Waals surface area contributed by atoms with Gasteiger partial charge in [0.2, 0.25) is 0 Å². The van der Waals surface area contributed by atoms with Crippen molar-refractivity contribution in [1.82, 2.24) is 0 Å². The first kappa shape index (κ1) is 9.34. The van der Waals surface area contributed by atoms with Gasteiger partial charge in [-0.05, 0) is 34.5 Å². The van der Waals surface area contributed by atoms with Crippen molar-refractivity contribution in [3.8, 4) is 0 Å². The molecule has 1 aromatic rings. The highest BCUT2D eigenvalue weighted by atomic mass is 79.9. The summed E-state index contributed by atoms with van der Waals surface area (Å²) in [5.41, 5.74) is 0.686. The van der Waals surface area contributed by atoms with Crippen molar-refractivity contribution < 1.29 is 9.21 Å². The maximum absolute atomic E-state index is 11.8. The first-order valence-corrected chi connectivity index (χ1v) is 6.01. The van der Waals surface area contributed by atoms with Crippen LogP contribution in [0.25, 0.3) is 0 Å². The summed E-state index contributed by atoms with van der Waals surface area (Å²) >= 11 is 4.93. The molecule has 0 aliphatic carbocycles. The number of halogens is 1. The van der Waals surface area contributed by atoms with Crippen LogP contribution < -0.4 is 0 Å². The summed E-state index contributed by atoms with van der Waals surface area (Å²) in [6, 6.07) is 1.74. The summed E-state index contributed by atoms with van der Waals surface area (Å²) in [7, 11) is 0. The predicted octanol–water partition coefficient (Wildman–Crippen LogP) is 3.12. The Morgan fingerprint density at radius 2 is 2.54 bits per heavy atom. The Hall–Kier alpha value is -0.220. The molecule has 70 valence electrons. The molecule has 4 heteroatoms. The summed E-state index contributed by atoms with van der Waals surface area (Å²) < 4.78 is 5.66.